The summed E-state index contributed by atoms with van der Waals surface area (Å²) in [5.74, 6) is 0.171. The van der Waals surface area contributed by atoms with E-state index < -0.39 is 0 Å². The lowest BCUT2D eigenvalue weighted by Gasteiger charge is -2.14. The Morgan fingerprint density at radius 1 is 1.18 bits per heavy atom. The zero-order valence-corrected chi connectivity index (χ0v) is 19.6. The minimum atomic E-state index is -0.358. The van der Waals surface area contributed by atoms with Crippen LogP contribution in [0.25, 0.3) is 11.1 Å². The van der Waals surface area contributed by atoms with E-state index in [0.717, 1.165) is 17.3 Å². The number of hydrogen-bond acceptors (Lipinski definition) is 8. The van der Waals surface area contributed by atoms with E-state index in [0.29, 0.717) is 17.0 Å². The molecule has 1 aromatic carbocycles. The molecule has 0 aliphatic heterocycles. The van der Waals surface area contributed by atoms with Gasteiger partial charge in [0.1, 0.15) is 28.5 Å². The molecule has 0 atom stereocenters. The fraction of sp³-hybridized carbons (Fsp3) is 0.304. The van der Waals surface area contributed by atoms with Crippen LogP contribution >= 0.6 is 11.8 Å². The highest BCUT2D eigenvalue weighted by Crippen LogP contribution is 2.36. The Bertz CT molecular complexity index is 1250. The first-order chi connectivity index (χ1) is 15.7. The lowest BCUT2D eigenvalue weighted by Crippen LogP contribution is -2.36. The van der Waals surface area contributed by atoms with Crippen molar-refractivity contribution in [2.75, 3.05) is 16.8 Å². The molecule has 3 N–H and O–H groups in total. The summed E-state index contributed by atoms with van der Waals surface area (Å²) in [7, 11) is 0. The lowest BCUT2D eigenvalue weighted by atomic mass is 9.94. The van der Waals surface area contributed by atoms with Gasteiger partial charge in [-0.2, -0.15) is 10.5 Å². The van der Waals surface area contributed by atoms with E-state index in [4.69, 9.17) is 10.3 Å². The van der Waals surface area contributed by atoms with Crippen LogP contribution in [-0.2, 0) is 4.79 Å². The third-order valence-electron chi connectivity index (χ3n) is 4.90. The van der Waals surface area contributed by atoms with Crippen LogP contribution in [0, 0.1) is 22.7 Å². The molecule has 3 rings (SSSR count). The van der Waals surface area contributed by atoms with Crippen molar-refractivity contribution in [3.8, 4) is 23.3 Å². The van der Waals surface area contributed by atoms with Crippen LogP contribution < -0.4 is 15.7 Å². The Morgan fingerprint density at radius 3 is 2.39 bits per heavy atom. The molecule has 2 heterocycles. The SMILES string of the molecule is CC(C)c1ccc(-c2c(C#N)c(N)nc(SCC(=O)Nc3c[n+](C(C)C)no3)c2C#N)cc1. The van der Waals surface area contributed by atoms with Gasteiger partial charge in [0, 0.05) is 5.56 Å². The zero-order chi connectivity index (χ0) is 24.1. The maximum absolute atomic E-state index is 12.4. The fourth-order valence-electron chi connectivity index (χ4n) is 3.09. The molecule has 33 heavy (non-hydrogen) atoms. The van der Waals surface area contributed by atoms with Crippen LogP contribution in [0.15, 0.2) is 40.0 Å². The van der Waals surface area contributed by atoms with Crippen molar-refractivity contribution in [1.82, 2.24) is 10.3 Å². The van der Waals surface area contributed by atoms with E-state index in [1.54, 1.807) is 10.9 Å². The number of nitriles is 2. The van der Waals surface area contributed by atoms with Gasteiger partial charge in [-0.15, -0.1) is 0 Å². The Morgan fingerprint density at radius 2 is 1.85 bits per heavy atom. The fourth-order valence-corrected chi connectivity index (χ4v) is 3.89. The van der Waals surface area contributed by atoms with Crippen LogP contribution in [0.1, 0.15) is 56.3 Å². The number of hydrogen-bond donors (Lipinski definition) is 2. The molecule has 0 saturated heterocycles. The number of benzene rings is 1. The minimum absolute atomic E-state index is 0.00977. The van der Waals surface area contributed by atoms with Crippen molar-refractivity contribution in [2.45, 2.75) is 44.7 Å². The predicted octanol–water partition coefficient (Wildman–Crippen LogP) is 3.78. The molecule has 3 aromatic rings. The van der Waals surface area contributed by atoms with Crippen molar-refractivity contribution in [1.29, 1.82) is 10.5 Å². The molecule has 0 aliphatic rings. The van der Waals surface area contributed by atoms with E-state index >= 15 is 0 Å². The molecule has 0 fully saturated rings. The van der Waals surface area contributed by atoms with Gasteiger partial charge in [0.25, 0.3) is 6.20 Å². The largest absolute Gasteiger partial charge is 0.383 e. The van der Waals surface area contributed by atoms with Crippen molar-refractivity contribution in [3.63, 3.8) is 0 Å². The topological polar surface area (TPSA) is 146 Å². The van der Waals surface area contributed by atoms with Crippen LogP contribution in [-0.4, -0.2) is 21.9 Å². The second-order valence-corrected chi connectivity index (χ2v) is 8.87. The van der Waals surface area contributed by atoms with Crippen molar-refractivity contribution in [3.05, 3.63) is 47.2 Å². The van der Waals surface area contributed by atoms with Crippen molar-refractivity contribution >= 4 is 29.4 Å². The highest BCUT2D eigenvalue weighted by atomic mass is 32.2. The molecule has 0 spiro atoms. The number of amides is 1. The standard InChI is InChI=1S/C23H23N7O2S/c1-13(2)15-5-7-16(8-6-15)21-17(9-24)22(26)28-23(18(21)10-25)33-12-19(31)27-20-11-30(14(3)4)29-32-20/h5-8,11,13-14H,12H2,1-4H3,(H2-,26,27,28,29,31)/p+1. The molecule has 0 radical (unpaired) electrons. The Balaban J connectivity index is 1.88. The summed E-state index contributed by atoms with van der Waals surface area (Å²) < 4.78 is 6.67. The van der Waals surface area contributed by atoms with Gasteiger partial charge in [-0.3, -0.25) is 14.6 Å². The maximum Gasteiger partial charge on any atom is 0.302 e. The average Bonchev–Trinajstić information content (AvgIpc) is 3.26. The van der Waals surface area contributed by atoms with Gasteiger partial charge in [0.15, 0.2) is 6.04 Å². The Hall–Kier alpha value is -3.89. The number of nitrogens with one attached hydrogen (secondary N) is 1. The molecule has 10 heteroatoms. The van der Waals surface area contributed by atoms with Gasteiger partial charge < -0.3 is 5.73 Å². The number of nitrogens with zero attached hydrogens (tertiary/aromatic N) is 5. The zero-order valence-electron chi connectivity index (χ0n) is 18.8. The smallest absolute Gasteiger partial charge is 0.302 e. The maximum atomic E-state index is 12.4. The molecule has 0 unspecified atom stereocenters. The van der Waals surface area contributed by atoms with Crippen LogP contribution in [0.2, 0.25) is 0 Å². The number of carbonyl (C=O) groups excluding carboxylic acids is 1. The van der Waals surface area contributed by atoms with Gasteiger partial charge in [-0.05, 0) is 35.6 Å². The van der Waals surface area contributed by atoms with E-state index in [1.165, 1.54) is 0 Å². The third-order valence-corrected chi connectivity index (χ3v) is 5.87. The van der Waals surface area contributed by atoms with Gasteiger partial charge >= 0.3 is 5.88 Å². The molecular weight excluding hydrogens is 438 g/mol. The Kier molecular flexibility index (Phi) is 7.31. The second-order valence-electron chi connectivity index (χ2n) is 7.90. The van der Waals surface area contributed by atoms with E-state index in [9.17, 15) is 15.3 Å². The summed E-state index contributed by atoms with van der Waals surface area (Å²) in [4.78, 5) is 16.6. The number of nitrogens with two attached hydrogens (primary N) is 1. The van der Waals surface area contributed by atoms with Crippen LogP contribution in [0.4, 0.5) is 11.7 Å². The molecule has 9 nitrogen and oxygen atoms in total. The van der Waals surface area contributed by atoms with Crippen LogP contribution in [0.3, 0.4) is 0 Å². The quantitative estimate of drug-likeness (QED) is 0.398. The number of pyridine rings is 1. The normalized spacial score (nSPS) is 10.8. The summed E-state index contributed by atoms with van der Waals surface area (Å²) in [6.45, 7) is 8.04. The second kappa shape index (κ2) is 10.2. The number of nitrogen functional groups attached to an aromatic ring is 1. The highest BCUT2D eigenvalue weighted by molar-refractivity contribution is 8.00. The average molecular weight is 463 g/mol. The summed E-state index contributed by atoms with van der Waals surface area (Å²) in [6, 6.07) is 11.9. The number of anilines is 2. The summed E-state index contributed by atoms with van der Waals surface area (Å²) >= 11 is 1.06. The lowest BCUT2D eigenvalue weighted by molar-refractivity contribution is -0.779. The van der Waals surface area contributed by atoms with Gasteiger partial charge in [0.05, 0.1) is 11.3 Å². The molecule has 168 valence electrons. The molecule has 0 saturated carbocycles. The third kappa shape index (κ3) is 5.30. The van der Waals surface area contributed by atoms with Gasteiger partial charge in [-0.1, -0.05) is 49.9 Å². The monoisotopic (exact) mass is 462 g/mol. The molecule has 0 bridgehead atoms. The number of aromatic nitrogens is 3. The molecule has 2 aromatic heterocycles. The minimum Gasteiger partial charge on any atom is -0.383 e. The van der Waals surface area contributed by atoms with E-state index in [-0.39, 0.29) is 45.6 Å². The van der Waals surface area contributed by atoms with Crippen molar-refractivity contribution < 1.29 is 14.0 Å². The first kappa shape index (κ1) is 23.8. The summed E-state index contributed by atoms with van der Waals surface area (Å²) in [6.07, 6.45) is 1.59. The molecular formula is C23H24N7O2S+. The van der Waals surface area contributed by atoms with Crippen molar-refractivity contribution in [2.24, 2.45) is 0 Å². The molecule has 0 aliphatic carbocycles. The summed E-state index contributed by atoms with van der Waals surface area (Å²) in [5, 5.41) is 26.3. The van der Waals surface area contributed by atoms with Gasteiger partial charge in [0.2, 0.25) is 11.2 Å². The summed E-state index contributed by atoms with van der Waals surface area (Å²) in [5.41, 5.74) is 8.63. The van der Waals surface area contributed by atoms with E-state index in [1.807, 2.05) is 38.1 Å². The number of carbonyl (C=O) groups is 1. The highest BCUT2D eigenvalue weighted by Gasteiger charge is 2.22. The van der Waals surface area contributed by atoms with Crippen LogP contribution in [0.5, 0.6) is 0 Å². The first-order valence-corrected chi connectivity index (χ1v) is 11.3. The molecule has 1 amide bonds. The Labute approximate surface area is 196 Å². The first-order valence-electron chi connectivity index (χ1n) is 10.3. The van der Waals surface area contributed by atoms with Gasteiger partial charge in [-0.25, -0.2) is 4.98 Å². The van der Waals surface area contributed by atoms with E-state index in [2.05, 4.69) is 41.6 Å². The predicted molar refractivity (Wildman–Crippen MR) is 124 cm³/mol. The number of thioether (sulfide) groups is 1. The number of rotatable bonds is 7.